The van der Waals surface area contributed by atoms with Crippen LogP contribution in [-0.2, 0) is 14.3 Å². The Morgan fingerprint density at radius 1 is 1.30 bits per heavy atom. The molecule has 1 aromatic carbocycles. The molecule has 0 aliphatic carbocycles. The van der Waals surface area contributed by atoms with Gasteiger partial charge in [-0.3, -0.25) is 14.5 Å². The summed E-state index contributed by atoms with van der Waals surface area (Å²) in [6.07, 6.45) is 1.52. The predicted octanol–water partition coefficient (Wildman–Crippen LogP) is 3.74. The van der Waals surface area contributed by atoms with Crippen molar-refractivity contribution in [2.45, 2.75) is 26.8 Å². The molecule has 0 N–H and O–H groups in total. The Morgan fingerprint density at radius 2 is 2.00 bits per heavy atom. The van der Waals surface area contributed by atoms with Gasteiger partial charge in [-0.2, -0.15) is 0 Å². The molecule has 27 heavy (non-hydrogen) atoms. The number of ether oxygens (including phenoxy) is 3. The van der Waals surface area contributed by atoms with Gasteiger partial charge in [-0.05, 0) is 56.3 Å². The number of carbonyl (C=O) groups excluding carboxylic acids is 3. The van der Waals surface area contributed by atoms with Gasteiger partial charge < -0.3 is 14.2 Å². The fraction of sp³-hybridized carbons (Fsp3) is 0.389. The number of halogens is 1. The number of methoxy groups -OCH3 is 1. The number of esters is 1. The number of imide groups is 1. The zero-order valence-electron chi connectivity index (χ0n) is 15.4. The quantitative estimate of drug-likeness (QED) is 0.497. The average molecular weight is 414 g/mol. The van der Waals surface area contributed by atoms with E-state index in [1.165, 1.54) is 20.1 Å². The van der Waals surface area contributed by atoms with Crippen molar-refractivity contribution in [2.24, 2.45) is 0 Å². The van der Waals surface area contributed by atoms with E-state index in [0.29, 0.717) is 28.7 Å². The molecule has 2 rings (SSSR count). The van der Waals surface area contributed by atoms with Crippen molar-refractivity contribution in [3.05, 3.63) is 27.6 Å². The van der Waals surface area contributed by atoms with E-state index in [-0.39, 0.29) is 11.5 Å². The third-order valence-corrected chi connectivity index (χ3v) is 4.84. The molecular formula is C18H20ClNO6S. The highest BCUT2D eigenvalue weighted by Crippen LogP contribution is 2.39. The second-order valence-corrected chi connectivity index (χ2v) is 6.85. The van der Waals surface area contributed by atoms with Crippen molar-refractivity contribution < 1.29 is 28.6 Å². The summed E-state index contributed by atoms with van der Waals surface area (Å²) in [6, 6.07) is 2.26. The van der Waals surface area contributed by atoms with Crippen LogP contribution < -0.4 is 9.47 Å². The highest BCUT2D eigenvalue weighted by atomic mass is 35.5. The SMILES string of the molecule is CCOC(=O)[C@@H](C)N1C(=O)S/C(=C/c2cc(Cl)c(OCC)c(OC)c2)C1=O. The molecule has 2 amide bonds. The topological polar surface area (TPSA) is 82.1 Å². The predicted molar refractivity (Wildman–Crippen MR) is 103 cm³/mol. The first kappa shape index (κ1) is 21.1. The Morgan fingerprint density at radius 3 is 2.59 bits per heavy atom. The second-order valence-electron chi connectivity index (χ2n) is 5.45. The van der Waals surface area contributed by atoms with Crippen LogP contribution in [0.15, 0.2) is 17.0 Å². The summed E-state index contributed by atoms with van der Waals surface area (Å²) >= 11 is 6.98. The summed E-state index contributed by atoms with van der Waals surface area (Å²) in [6.45, 7) is 5.51. The fourth-order valence-corrected chi connectivity index (χ4v) is 3.62. The first-order valence-corrected chi connectivity index (χ1v) is 9.47. The van der Waals surface area contributed by atoms with Crippen LogP contribution in [0.3, 0.4) is 0 Å². The molecule has 0 unspecified atom stereocenters. The molecule has 9 heteroatoms. The van der Waals surface area contributed by atoms with Gasteiger partial charge in [0.15, 0.2) is 11.5 Å². The van der Waals surface area contributed by atoms with Gasteiger partial charge in [0.25, 0.3) is 11.1 Å². The summed E-state index contributed by atoms with van der Waals surface area (Å²) in [5.74, 6) is -0.376. The minimum absolute atomic E-state index is 0.166. The lowest BCUT2D eigenvalue weighted by molar-refractivity contribution is -0.150. The van der Waals surface area contributed by atoms with Gasteiger partial charge >= 0.3 is 5.97 Å². The van der Waals surface area contributed by atoms with Crippen LogP contribution in [0.4, 0.5) is 4.79 Å². The number of hydrogen-bond acceptors (Lipinski definition) is 7. The first-order valence-electron chi connectivity index (χ1n) is 8.28. The third kappa shape index (κ3) is 4.56. The van der Waals surface area contributed by atoms with E-state index < -0.39 is 23.2 Å². The third-order valence-electron chi connectivity index (χ3n) is 3.68. The Kier molecular flexibility index (Phi) is 7.15. The number of amides is 2. The van der Waals surface area contributed by atoms with E-state index >= 15 is 0 Å². The summed E-state index contributed by atoms with van der Waals surface area (Å²) < 4.78 is 15.6. The van der Waals surface area contributed by atoms with Crippen LogP contribution in [0, 0.1) is 0 Å². The summed E-state index contributed by atoms with van der Waals surface area (Å²) in [7, 11) is 1.48. The number of carbonyl (C=O) groups is 3. The maximum atomic E-state index is 12.6. The molecule has 1 aromatic rings. The molecule has 1 atom stereocenters. The number of rotatable bonds is 7. The van der Waals surface area contributed by atoms with E-state index in [9.17, 15) is 14.4 Å². The monoisotopic (exact) mass is 413 g/mol. The number of nitrogens with zero attached hydrogens (tertiary/aromatic N) is 1. The van der Waals surface area contributed by atoms with Crippen LogP contribution in [-0.4, -0.2) is 48.4 Å². The van der Waals surface area contributed by atoms with E-state index in [4.69, 9.17) is 25.8 Å². The molecule has 1 fully saturated rings. The molecular weight excluding hydrogens is 394 g/mol. The summed E-state index contributed by atoms with van der Waals surface area (Å²) in [4.78, 5) is 37.8. The Hall–Kier alpha value is -2.19. The Labute approximate surface area is 166 Å². The molecule has 146 valence electrons. The molecule has 0 radical (unpaired) electrons. The van der Waals surface area contributed by atoms with Crippen LogP contribution in [0.1, 0.15) is 26.3 Å². The van der Waals surface area contributed by atoms with Crippen LogP contribution in [0.2, 0.25) is 5.02 Å². The summed E-state index contributed by atoms with van der Waals surface area (Å²) in [5.41, 5.74) is 0.564. The molecule has 0 saturated carbocycles. The largest absolute Gasteiger partial charge is 0.493 e. The molecule has 7 nitrogen and oxygen atoms in total. The van der Waals surface area contributed by atoms with Crippen LogP contribution >= 0.6 is 23.4 Å². The number of thioether (sulfide) groups is 1. The fourth-order valence-electron chi connectivity index (χ4n) is 2.44. The van der Waals surface area contributed by atoms with E-state index in [0.717, 1.165) is 16.7 Å². The van der Waals surface area contributed by atoms with Crippen LogP contribution in [0.5, 0.6) is 11.5 Å². The second kappa shape index (κ2) is 9.14. The molecule has 1 aliphatic rings. The molecule has 0 spiro atoms. The Bertz CT molecular complexity index is 794. The van der Waals surface area contributed by atoms with Crippen LogP contribution in [0.25, 0.3) is 6.08 Å². The smallest absolute Gasteiger partial charge is 0.329 e. The Balaban J connectivity index is 2.32. The minimum atomic E-state index is -0.998. The summed E-state index contributed by atoms with van der Waals surface area (Å²) in [5, 5.41) is -0.211. The standard InChI is InChI=1S/C18H20ClNO6S/c1-5-25-15-12(19)7-11(8-13(15)24-4)9-14-16(21)20(18(23)27-14)10(3)17(22)26-6-2/h7-10H,5-6H2,1-4H3/b14-9+/t10-/m1/s1. The van der Waals surface area contributed by atoms with Crippen molar-refractivity contribution >= 4 is 46.6 Å². The highest BCUT2D eigenvalue weighted by molar-refractivity contribution is 8.18. The zero-order valence-corrected chi connectivity index (χ0v) is 17.0. The van der Waals surface area contributed by atoms with Gasteiger partial charge in [0, 0.05) is 0 Å². The van der Waals surface area contributed by atoms with Crippen molar-refractivity contribution in [3.63, 3.8) is 0 Å². The molecule has 1 heterocycles. The number of hydrogen-bond donors (Lipinski definition) is 0. The van der Waals surface area contributed by atoms with Crippen molar-refractivity contribution in [2.75, 3.05) is 20.3 Å². The van der Waals surface area contributed by atoms with Crippen molar-refractivity contribution in [1.29, 1.82) is 0 Å². The van der Waals surface area contributed by atoms with Crippen molar-refractivity contribution in [3.8, 4) is 11.5 Å². The van der Waals surface area contributed by atoms with Gasteiger partial charge in [0.1, 0.15) is 6.04 Å². The minimum Gasteiger partial charge on any atom is -0.493 e. The van der Waals surface area contributed by atoms with Gasteiger partial charge in [0.05, 0.1) is 30.3 Å². The van der Waals surface area contributed by atoms with E-state index in [1.807, 2.05) is 6.92 Å². The van der Waals surface area contributed by atoms with Crippen molar-refractivity contribution in [1.82, 2.24) is 4.90 Å². The van der Waals surface area contributed by atoms with Gasteiger partial charge in [0.2, 0.25) is 0 Å². The molecule has 1 saturated heterocycles. The van der Waals surface area contributed by atoms with Gasteiger partial charge in [-0.15, -0.1) is 0 Å². The maximum Gasteiger partial charge on any atom is 0.329 e. The lowest BCUT2D eigenvalue weighted by atomic mass is 10.1. The number of benzene rings is 1. The molecule has 0 bridgehead atoms. The normalized spacial score (nSPS) is 16.6. The lowest BCUT2D eigenvalue weighted by Gasteiger charge is -2.19. The van der Waals surface area contributed by atoms with Gasteiger partial charge in [-0.25, -0.2) is 4.79 Å². The lowest BCUT2D eigenvalue weighted by Crippen LogP contribution is -2.42. The molecule has 1 aliphatic heterocycles. The highest BCUT2D eigenvalue weighted by Gasteiger charge is 2.41. The van der Waals surface area contributed by atoms with E-state index in [2.05, 4.69) is 0 Å². The average Bonchev–Trinajstić information content (AvgIpc) is 2.90. The molecule has 0 aromatic heterocycles. The first-order chi connectivity index (χ1) is 12.8. The zero-order chi connectivity index (χ0) is 20.1. The van der Waals surface area contributed by atoms with E-state index in [1.54, 1.807) is 19.1 Å². The van der Waals surface area contributed by atoms with Gasteiger partial charge in [-0.1, -0.05) is 11.6 Å². The maximum absolute atomic E-state index is 12.6.